The fraction of sp³-hybridized carbons (Fsp3) is 0.364. The zero-order valence-electron chi connectivity index (χ0n) is 10.5. The van der Waals surface area contributed by atoms with E-state index in [0.717, 1.165) is 5.56 Å². The second-order valence-corrected chi connectivity index (χ2v) is 5.68. The van der Waals surface area contributed by atoms with E-state index in [1.54, 1.807) is 12.1 Å². The molecule has 1 aromatic carbocycles. The van der Waals surface area contributed by atoms with Crippen LogP contribution in [0.3, 0.4) is 0 Å². The second kappa shape index (κ2) is 5.36. The van der Waals surface area contributed by atoms with Gasteiger partial charge in [-0.2, -0.15) is 4.72 Å². The second-order valence-electron chi connectivity index (χ2n) is 4.00. The molecule has 0 heterocycles. The molecule has 1 amide bonds. The molecule has 0 aliphatic carbocycles. The van der Waals surface area contributed by atoms with Crippen molar-refractivity contribution in [2.75, 3.05) is 12.8 Å². The van der Waals surface area contributed by atoms with Gasteiger partial charge in [-0.15, -0.1) is 0 Å². The third-order valence-corrected chi connectivity index (χ3v) is 4.04. The first kappa shape index (κ1) is 14.5. The first-order valence-corrected chi connectivity index (χ1v) is 6.86. The summed E-state index contributed by atoms with van der Waals surface area (Å²) in [6, 6.07) is 3.78. The Bertz CT molecular complexity index is 555. The summed E-state index contributed by atoms with van der Waals surface area (Å²) in [5, 5.41) is 2.37. The summed E-state index contributed by atoms with van der Waals surface area (Å²) < 4.78 is 26.3. The van der Waals surface area contributed by atoms with E-state index in [0.29, 0.717) is 0 Å². The van der Waals surface area contributed by atoms with E-state index in [9.17, 15) is 13.2 Å². The van der Waals surface area contributed by atoms with E-state index in [2.05, 4.69) is 10.0 Å². The van der Waals surface area contributed by atoms with Crippen LogP contribution in [0.1, 0.15) is 12.5 Å². The van der Waals surface area contributed by atoms with E-state index in [-0.39, 0.29) is 10.6 Å². The van der Waals surface area contributed by atoms with Crippen LogP contribution >= 0.6 is 0 Å². The summed E-state index contributed by atoms with van der Waals surface area (Å²) in [7, 11) is -2.36. The molecule has 1 rings (SSSR count). The standard InChI is InChI=1S/C11H17N3O3S/c1-7-4-5-10(9(12)6-7)18(16,17)14-8(2)11(15)13-3/h4-6,8,14H,12H2,1-3H3,(H,13,15). The number of aryl methyl sites for hydroxylation is 1. The molecule has 0 aromatic heterocycles. The molecule has 18 heavy (non-hydrogen) atoms. The van der Waals surface area contributed by atoms with Crippen molar-refractivity contribution < 1.29 is 13.2 Å². The average molecular weight is 271 g/mol. The van der Waals surface area contributed by atoms with Crippen LogP contribution in [-0.4, -0.2) is 27.4 Å². The Kier molecular flexibility index (Phi) is 4.31. The average Bonchev–Trinajstić information content (AvgIpc) is 2.26. The maximum absolute atomic E-state index is 12.0. The molecule has 1 atom stereocenters. The predicted octanol–water partition coefficient (Wildman–Crippen LogP) is -0.00998. The quantitative estimate of drug-likeness (QED) is 0.670. The van der Waals surface area contributed by atoms with Crippen molar-refractivity contribution in [1.29, 1.82) is 0 Å². The number of nitrogens with two attached hydrogens (primary N) is 1. The van der Waals surface area contributed by atoms with Crippen molar-refractivity contribution in [3.05, 3.63) is 23.8 Å². The highest BCUT2D eigenvalue weighted by atomic mass is 32.2. The van der Waals surface area contributed by atoms with Crippen molar-refractivity contribution >= 4 is 21.6 Å². The number of hydrogen-bond acceptors (Lipinski definition) is 4. The Labute approximate surface area is 107 Å². The molecule has 1 unspecified atom stereocenters. The number of nitrogens with one attached hydrogen (secondary N) is 2. The lowest BCUT2D eigenvalue weighted by Gasteiger charge is -2.14. The highest BCUT2D eigenvalue weighted by molar-refractivity contribution is 7.89. The summed E-state index contributed by atoms with van der Waals surface area (Å²) in [6.07, 6.45) is 0. The summed E-state index contributed by atoms with van der Waals surface area (Å²) >= 11 is 0. The molecule has 0 radical (unpaired) electrons. The number of hydrogen-bond donors (Lipinski definition) is 3. The van der Waals surface area contributed by atoms with Gasteiger partial charge < -0.3 is 11.1 Å². The topological polar surface area (TPSA) is 101 Å². The van der Waals surface area contributed by atoms with E-state index >= 15 is 0 Å². The van der Waals surface area contributed by atoms with Crippen molar-refractivity contribution in [1.82, 2.24) is 10.0 Å². The van der Waals surface area contributed by atoms with Gasteiger partial charge in [0.25, 0.3) is 0 Å². The van der Waals surface area contributed by atoms with Crippen LogP contribution in [0.2, 0.25) is 0 Å². The lowest BCUT2D eigenvalue weighted by Crippen LogP contribution is -2.43. The number of nitrogen functional groups attached to an aromatic ring is 1. The molecule has 0 fully saturated rings. The first-order valence-electron chi connectivity index (χ1n) is 5.38. The van der Waals surface area contributed by atoms with E-state index in [1.165, 1.54) is 20.0 Å². The number of amides is 1. The van der Waals surface area contributed by atoms with Crippen LogP contribution in [-0.2, 0) is 14.8 Å². The maximum Gasteiger partial charge on any atom is 0.243 e. The molecule has 0 spiro atoms. The highest BCUT2D eigenvalue weighted by Crippen LogP contribution is 2.19. The van der Waals surface area contributed by atoms with Gasteiger partial charge in [-0.05, 0) is 31.5 Å². The molecule has 0 saturated heterocycles. The van der Waals surface area contributed by atoms with Gasteiger partial charge >= 0.3 is 0 Å². The van der Waals surface area contributed by atoms with Crippen LogP contribution in [0.25, 0.3) is 0 Å². The normalized spacial score (nSPS) is 13.1. The van der Waals surface area contributed by atoms with Gasteiger partial charge in [-0.3, -0.25) is 4.79 Å². The van der Waals surface area contributed by atoms with Gasteiger partial charge in [-0.1, -0.05) is 6.07 Å². The first-order chi connectivity index (χ1) is 8.27. The van der Waals surface area contributed by atoms with Crippen molar-refractivity contribution in [2.24, 2.45) is 0 Å². The maximum atomic E-state index is 12.0. The molecular weight excluding hydrogens is 254 g/mol. The van der Waals surface area contributed by atoms with Gasteiger partial charge in [0.1, 0.15) is 4.90 Å². The Morgan fingerprint density at radius 3 is 2.50 bits per heavy atom. The molecule has 1 aromatic rings. The molecule has 7 heteroatoms. The molecule has 6 nitrogen and oxygen atoms in total. The molecule has 0 aliphatic heterocycles. The van der Waals surface area contributed by atoms with Crippen molar-refractivity contribution in [2.45, 2.75) is 24.8 Å². The third-order valence-electron chi connectivity index (χ3n) is 2.43. The van der Waals surface area contributed by atoms with Gasteiger partial charge in [0.05, 0.1) is 11.7 Å². The molecular formula is C11H17N3O3S. The Morgan fingerprint density at radius 2 is 2.00 bits per heavy atom. The third kappa shape index (κ3) is 3.21. The minimum Gasteiger partial charge on any atom is -0.398 e. The SMILES string of the molecule is CNC(=O)C(C)NS(=O)(=O)c1ccc(C)cc1N. The fourth-order valence-electron chi connectivity index (χ4n) is 1.48. The fourth-order valence-corrected chi connectivity index (χ4v) is 2.79. The van der Waals surface area contributed by atoms with E-state index < -0.39 is 22.0 Å². The monoisotopic (exact) mass is 271 g/mol. The van der Waals surface area contributed by atoms with Crippen LogP contribution in [0.4, 0.5) is 5.69 Å². The molecule has 0 saturated carbocycles. The molecule has 0 aliphatic rings. The smallest absolute Gasteiger partial charge is 0.243 e. The number of carbonyl (C=O) groups excluding carboxylic acids is 1. The Balaban J connectivity index is 3.04. The number of carbonyl (C=O) groups is 1. The zero-order chi connectivity index (χ0) is 13.9. The largest absolute Gasteiger partial charge is 0.398 e. The summed E-state index contributed by atoms with van der Waals surface area (Å²) in [5.74, 6) is -0.413. The van der Waals surface area contributed by atoms with E-state index in [1.807, 2.05) is 6.92 Å². The lowest BCUT2D eigenvalue weighted by atomic mass is 10.2. The van der Waals surface area contributed by atoms with Crippen molar-refractivity contribution in [3.8, 4) is 0 Å². The summed E-state index contributed by atoms with van der Waals surface area (Å²) in [5.41, 5.74) is 6.70. The number of anilines is 1. The molecule has 100 valence electrons. The number of benzene rings is 1. The molecule has 4 N–H and O–H groups in total. The van der Waals surface area contributed by atoms with Gasteiger partial charge in [0.2, 0.25) is 15.9 Å². The summed E-state index contributed by atoms with van der Waals surface area (Å²) in [4.78, 5) is 11.3. The number of sulfonamides is 1. The van der Waals surface area contributed by atoms with Crippen LogP contribution in [0, 0.1) is 6.92 Å². The zero-order valence-corrected chi connectivity index (χ0v) is 11.3. The van der Waals surface area contributed by atoms with Gasteiger partial charge in [0, 0.05) is 7.05 Å². The Morgan fingerprint density at radius 1 is 1.39 bits per heavy atom. The number of likely N-dealkylation sites (N-methyl/N-ethyl adjacent to an activating group) is 1. The van der Waals surface area contributed by atoms with Crippen LogP contribution < -0.4 is 15.8 Å². The Hall–Kier alpha value is -1.60. The number of rotatable bonds is 4. The van der Waals surface area contributed by atoms with E-state index in [4.69, 9.17) is 5.73 Å². The molecule has 0 bridgehead atoms. The summed E-state index contributed by atoms with van der Waals surface area (Å²) in [6.45, 7) is 3.27. The van der Waals surface area contributed by atoms with Crippen LogP contribution in [0.15, 0.2) is 23.1 Å². The predicted molar refractivity (Wildman–Crippen MR) is 69.4 cm³/mol. The van der Waals surface area contributed by atoms with Crippen LogP contribution in [0.5, 0.6) is 0 Å². The highest BCUT2D eigenvalue weighted by Gasteiger charge is 2.23. The minimum atomic E-state index is -3.80. The van der Waals surface area contributed by atoms with Gasteiger partial charge in [0.15, 0.2) is 0 Å². The van der Waals surface area contributed by atoms with Gasteiger partial charge in [-0.25, -0.2) is 8.42 Å². The van der Waals surface area contributed by atoms with Crippen molar-refractivity contribution in [3.63, 3.8) is 0 Å². The lowest BCUT2D eigenvalue weighted by molar-refractivity contribution is -0.121. The minimum absolute atomic E-state index is 0.0242.